The number of benzene rings is 1. The van der Waals surface area contributed by atoms with Crippen LogP contribution in [0.25, 0.3) is 0 Å². The second kappa shape index (κ2) is 7.43. The molecule has 150 valence electrons. The third kappa shape index (κ3) is 4.14. The van der Waals surface area contributed by atoms with E-state index in [1.807, 2.05) is 6.07 Å². The van der Waals surface area contributed by atoms with Crippen molar-refractivity contribution >= 4 is 21.6 Å². The van der Waals surface area contributed by atoms with Crippen LogP contribution in [0, 0.1) is 5.92 Å². The zero-order chi connectivity index (χ0) is 19.8. The average Bonchev–Trinajstić information content (AvgIpc) is 3.03. The molecule has 7 heteroatoms. The highest BCUT2D eigenvalue weighted by atomic mass is 32.2. The number of hydrogen-bond donors (Lipinski definition) is 1. The third-order valence-corrected chi connectivity index (χ3v) is 7.37. The lowest BCUT2D eigenvalue weighted by Gasteiger charge is -2.45. The number of carbonyl (C=O) groups excluding carboxylic acids is 1. The summed E-state index contributed by atoms with van der Waals surface area (Å²) in [7, 11) is 0.924. The summed E-state index contributed by atoms with van der Waals surface area (Å²) < 4.78 is 25.1. The standard InChI is InChI=1S/C20H31N3O3S/c1-15-6-5-10-20(13-15,22(2)3)14-21-19(24)17-7-8-18-16(12-17)9-11-23(18)27(4,25)26/h7-8,12,15H,5-6,9-11,13-14H2,1-4H3,(H,21,24)/t15-,20+/m1/s1. The van der Waals surface area contributed by atoms with Gasteiger partial charge in [-0.3, -0.25) is 9.10 Å². The number of rotatable bonds is 5. The number of carbonyl (C=O) groups is 1. The van der Waals surface area contributed by atoms with Crippen molar-refractivity contribution in [2.75, 3.05) is 37.7 Å². The quantitative estimate of drug-likeness (QED) is 0.833. The molecule has 27 heavy (non-hydrogen) atoms. The van der Waals surface area contributed by atoms with E-state index in [0.717, 1.165) is 18.4 Å². The van der Waals surface area contributed by atoms with Crippen LogP contribution < -0.4 is 9.62 Å². The summed E-state index contributed by atoms with van der Waals surface area (Å²) in [6, 6.07) is 5.31. The largest absolute Gasteiger partial charge is 0.350 e. The minimum atomic E-state index is -3.27. The average molecular weight is 394 g/mol. The Labute approximate surface area is 163 Å². The van der Waals surface area contributed by atoms with E-state index in [9.17, 15) is 13.2 Å². The van der Waals surface area contributed by atoms with Crippen molar-refractivity contribution < 1.29 is 13.2 Å². The van der Waals surface area contributed by atoms with Gasteiger partial charge in [-0.15, -0.1) is 0 Å². The first-order valence-corrected chi connectivity index (χ1v) is 11.5. The summed E-state index contributed by atoms with van der Waals surface area (Å²) >= 11 is 0. The lowest BCUT2D eigenvalue weighted by atomic mass is 9.75. The molecule has 1 aromatic rings. The Morgan fingerprint density at radius 2 is 2.11 bits per heavy atom. The first-order chi connectivity index (χ1) is 12.6. The van der Waals surface area contributed by atoms with Gasteiger partial charge >= 0.3 is 0 Å². The van der Waals surface area contributed by atoms with Gasteiger partial charge in [0.2, 0.25) is 10.0 Å². The first kappa shape index (κ1) is 20.1. The van der Waals surface area contributed by atoms with E-state index >= 15 is 0 Å². The number of fused-ring (bicyclic) bond motifs is 1. The summed E-state index contributed by atoms with van der Waals surface area (Å²) in [5, 5.41) is 3.13. The second-order valence-electron chi connectivity index (χ2n) is 8.43. The van der Waals surface area contributed by atoms with Gasteiger partial charge in [0.1, 0.15) is 0 Å². The van der Waals surface area contributed by atoms with Crippen molar-refractivity contribution in [1.82, 2.24) is 10.2 Å². The van der Waals surface area contributed by atoms with Crippen LogP contribution in [-0.2, 0) is 16.4 Å². The molecule has 6 nitrogen and oxygen atoms in total. The highest BCUT2D eigenvalue weighted by Gasteiger charge is 2.37. The van der Waals surface area contributed by atoms with Crippen molar-refractivity contribution in [2.45, 2.75) is 44.6 Å². The zero-order valence-corrected chi connectivity index (χ0v) is 17.6. The molecule has 0 spiro atoms. The lowest BCUT2D eigenvalue weighted by Crippen LogP contribution is -2.55. The van der Waals surface area contributed by atoms with Crippen LogP contribution in [0.1, 0.15) is 48.5 Å². The molecule has 1 heterocycles. The summed E-state index contributed by atoms with van der Waals surface area (Å²) in [5.41, 5.74) is 2.22. The Morgan fingerprint density at radius 1 is 1.37 bits per heavy atom. The Hall–Kier alpha value is -1.60. The summed E-state index contributed by atoms with van der Waals surface area (Å²) in [6.07, 6.45) is 6.49. The van der Waals surface area contributed by atoms with E-state index in [1.165, 1.54) is 23.4 Å². The number of anilines is 1. The number of hydrogen-bond acceptors (Lipinski definition) is 4. The second-order valence-corrected chi connectivity index (χ2v) is 10.3. The van der Waals surface area contributed by atoms with Crippen molar-refractivity contribution in [2.24, 2.45) is 5.92 Å². The summed E-state index contributed by atoms with van der Waals surface area (Å²) in [6.45, 7) is 3.36. The van der Waals surface area contributed by atoms with Crippen LogP contribution in [0.15, 0.2) is 18.2 Å². The highest BCUT2D eigenvalue weighted by molar-refractivity contribution is 7.92. The molecule has 0 unspecified atom stereocenters. The van der Waals surface area contributed by atoms with Crippen LogP contribution in [0.2, 0.25) is 0 Å². The predicted octanol–water partition coefficient (Wildman–Crippen LogP) is 2.25. The van der Waals surface area contributed by atoms with Gasteiger partial charge in [0.15, 0.2) is 0 Å². The maximum Gasteiger partial charge on any atom is 0.251 e. The Morgan fingerprint density at radius 3 is 2.74 bits per heavy atom. The van der Waals surface area contributed by atoms with Crippen molar-refractivity contribution in [3.63, 3.8) is 0 Å². The van der Waals surface area contributed by atoms with Gasteiger partial charge in [0.05, 0.1) is 11.9 Å². The van der Waals surface area contributed by atoms with Gasteiger partial charge in [0, 0.05) is 24.2 Å². The molecule has 0 aromatic heterocycles. The minimum Gasteiger partial charge on any atom is -0.350 e. The van der Waals surface area contributed by atoms with Crippen LogP contribution >= 0.6 is 0 Å². The molecule has 0 bridgehead atoms. The monoisotopic (exact) mass is 393 g/mol. The fourth-order valence-corrected chi connectivity index (χ4v) is 5.52. The third-order valence-electron chi connectivity index (χ3n) is 6.19. The van der Waals surface area contributed by atoms with Crippen LogP contribution in [-0.4, -0.2) is 58.2 Å². The molecule has 2 atom stereocenters. The van der Waals surface area contributed by atoms with E-state index in [1.54, 1.807) is 12.1 Å². The predicted molar refractivity (Wildman–Crippen MR) is 109 cm³/mol. The SMILES string of the molecule is C[C@@H]1CCC[C@](CNC(=O)c2ccc3c(c2)CCN3S(C)(=O)=O)(N(C)C)C1. The Kier molecular flexibility index (Phi) is 5.54. The van der Waals surface area contributed by atoms with E-state index in [-0.39, 0.29) is 11.4 Å². The van der Waals surface area contributed by atoms with Crippen LogP contribution in [0.5, 0.6) is 0 Å². The number of nitrogens with zero attached hydrogens (tertiary/aromatic N) is 2. The van der Waals surface area contributed by atoms with Gasteiger partial charge in [-0.25, -0.2) is 8.42 Å². The van der Waals surface area contributed by atoms with Gasteiger partial charge < -0.3 is 10.2 Å². The zero-order valence-electron chi connectivity index (χ0n) is 16.8. The molecule has 1 amide bonds. The fraction of sp³-hybridized carbons (Fsp3) is 0.650. The van der Waals surface area contributed by atoms with Gasteiger partial charge in [-0.05, 0) is 63.0 Å². The topological polar surface area (TPSA) is 69.7 Å². The van der Waals surface area contributed by atoms with Gasteiger partial charge in [-0.1, -0.05) is 19.8 Å². The molecule has 1 aromatic carbocycles. The van der Waals surface area contributed by atoms with Crippen LogP contribution in [0.3, 0.4) is 0 Å². The van der Waals surface area contributed by atoms with Gasteiger partial charge in [0.25, 0.3) is 5.91 Å². The molecule has 3 rings (SSSR count). The maximum absolute atomic E-state index is 12.8. The van der Waals surface area contributed by atoms with Crippen LogP contribution in [0.4, 0.5) is 5.69 Å². The minimum absolute atomic E-state index is 0.0111. The summed E-state index contributed by atoms with van der Waals surface area (Å²) in [4.78, 5) is 15.0. The molecule has 0 radical (unpaired) electrons. The van der Waals surface area contributed by atoms with E-state index < -0.39 is 10.0 Å². The van der Waals surface area contributed by atoms with Crippen molar-refractivity contribution in [3.05, 3.63) is 29.3 Å². The number of likely N-dealkylation sites (N-methyl/N-ethyl adjacent to an activating group) is 1. The highest BCUT2D eigenvalue weighted by Crippen LogP contribution is 2.35. The van der Waals surface area contributed by atoms with E-state index in [2.05, 4.69) is 31.2 Å². The molecule has 0 saturated heterocycles. The molecule has 1 aliphatic carbocycles. The number of sulfonamides is 1. The smallest absolute Gasteiger partial charge is 0.251 e. The molecule has 1 N–H and O–H groups in total. The molecule has 2 aliphatic rings. The molecule has 1 saturated carbocycles. The fourth-order valence-electron chi connectivity index (χ4n) is 4.56. The molecular formula is C20H31N3O3S. The van der Waals surface area contributed by atoms with Crippen molar-refractivity contribution in [3.8, 4) is 0 Å². The maximum atomic E-state index is 12.8. The first-order valence-electron chi connectivity index (χ1n) is 9.69. The molecule has 1 fully saturated rings. The molecular weight excluding hydrogens is 362 g/mol. The Balaban J connectivity index is 1.72. The number of nitrogens with one attached hydrogen (secondary N) is 1. The van der Waals surface area contributed by atoms with E-state index in [0.29, 0.717) is 36.7 Å². The van der Waals surface area contributed by atoms with E-state index in [4.69, 9.17) is 0 Å². The van der Waals surface area contributed by atoms with Gasteiger partial charge in [-0.2, -0.15) is 0 Å². The van der Waals surface area contributed by atoms with Crippen molar-refractivity contribution in [1.29, 1.82) is 0 Å². The Bertz CT molecular complexity index is 822. The molecule has 1 aliphatic heterocycles. The number of amides is 1. The summed E-state index contributed by atoms with van der Waals surface area (Å²) in [5.74, 6) is 0.579. The lowest BCUT2D eigenvalue weighted by molar-refractivity contribution is 0.0675. The normalized spacial score (nSPS) is 25.5.